The molecule has 0 radical (unpaired) electrons. The van der Waals surface area contributed by atoms with Gasteiger partial charge in [-0.25, -0.2) is 9.97 Å². The number of hydrogen-bond donors (Lipinski definition) is 0. The second-order valence-corrected chi connectivity index (χ2v) is 4.64. The van der Waals surface area contributed by atoms with Crippen molar-refractivity contribution in [2.75, 3.05) is 0 Å². The number of rotatable bonds is 3. The van der Waals surface area contributed by atoms with Crippen molar-refractivity contribution < 1.29 is 17.6 Å². The molecule has 0 atom stereocenters. The van der Waals surface area contributed by atoms with E-state index in [4.69, 9.17) is 4.42 Å². The number of hydrogen-bond acceptors (Lipinski definition) is 3. The summed E-state index contributed by atoms with van der Waals surface area (Å²) in [6.07, 6.45) is -2.44. The van der Waals surface area contributed by atoms with E-state index in [0.717, 1.165) is 17.8 Å². The van der Waals surface area contributed by atoms with E-state index in [1.807, 2.05) is 30.3 Å². The molecule has 0 saturated heterocycles. The van der Waals surface area contributed by atoms with E-state index in [-0.39, 0.29) is 11.2 Å². The summed E-state index contributed by atoms with van der Waals surface area (Å²) in [5.41, 5.74) is 0.556. The second kappa shape index (κ2) is 5.20. The zero-order valence-electron chi connectivity index (χ0n) is 10.9. The minimum Gasteiger partial charge on any atom is -0.422 e. The van der Waals surface area contributed by atoms with Crippen LogP contribution in [0.15, 0.2) is 47.0 Å². The number of oxazole rings is 1. The molecule has 0 spiro atoms. The van der Waals surface area contributed by atoms with Crippen LogP contribution in [0.1, 0.15) is 17.0 Å². The van der Waals surface area contributed by atoms with Gasteiger partial charge < -0.3 is 4.42 Å². The van der Waals surface area contributed by atoms with Gasteiger partial charge in [0.25, 0.3) is 0 Å². The van der Waals surface area contributed by atoms with Crippen LogP contribution in [0.3, 0.4) is 0 Å². The lowest BCUT2D eigenvalue weighted by atomic mass is 10.1. The van der Waals surface area contributed by atoms with E-state index in [1.165, 1.54) is 0 Å². The number of aryl methyl sites for hydroxylation is 2. The number of aromatic nitrogens is 2. The van der Waals surface area contributed by atoms with Gasteiger partial charge in [-0.15, -0.1) is 0 Å². The van der Waals surface area contributed by atoms with Crippen molar-refractivity contribution >= 4 is 11.2 Å². The van der Waals surface area contributed by atoms with Crippen LogP contribution in [0.4, 0.5) is 13.2 Å². The Hall–Kier alpha value is -2.37. The van der Waals surface area contributed by atoms with Crippen molar-refractivity contribution in [2.45, 2.75) is 19.0 Å². The van der Waals surface area contributed by atoms with Crippen molar-refractivity contribution in [1.82, 2.24) is 9.97 Å². The summed E-state index contributed by atoms with van der Waals surface area (Å²) in [7, 11) is 0. The highest BCUT2D eigenvalue weighted by molar-refractivity contribution is 5.68. The molecule has 3 rings (SSSR count). The topological polar surface area (TPSA) is 38.9 Å². The number of halogens is 3. The first-order chi connectivity index (χ1) is 10.0. The lowest BCUT2D eigenvalue weighted by Gasteiger charge is -2.03. The number of fused-ring (bicyclic) bond motifs is 1. The molecule has 6 heteroatoms. The van der Waals surface area contributed by atoms with Gasteiger partial charge >= 0.3 is 6.18 Å². The highest BCUT2D eigenvalue weighted by Gasteiger charge is 2.31. The Morgan fingerprint density at radius 1 is 1.05 bits per heavy atom. The third-order valence-corrected chi connectivity index (χ3v) is 3.09. The van der Waals surface area contributed by atoms with Crippen LogP contribution in [-0.4, -0.2) is 9.97 Å². The molecule has 2 heterocycles. The summed E-state index contributed by atoms with van der Waals surface area (Å²) in [6.45, 7) is 0. The molecule has 3 nitrogen and oxygen atoms in total. The summed E-state index contributed by atoms with van der Waals surface area (Å²) in [5, 5.41) is 0. The predicted molar refractivity (Wildman–Crippen MR) is 70.7 cm³/mol. The molecule has 0 N–H and O–H groups in total. The first-order valence-corrected chi connectivity index (χ1v) is 6.39. The lowest BCUT2D eigenvalue weighted by molar-refractivity contribution is -0.137. The maximum atomic E-state index is 12.6. The van der Waals surface area contributed by atoms with Crippen LogP contribution in [0.25, 0.3) is 11.2 Å². The summed E-state index contributed by atoms with van der Waals surface area (Å²) in [4.78, 5) is 7.75. The van der Waals surface area contributed by atoms with Gasteiger partial charge in [0.15, 0.2) is 5.89 Å². The minimum absolute atomic E-state index is 0.131. The normalized spacial score (nSPS) is 12.0. The molecule has 0 amide bonds. The van der Waals surface area contributed by atoms with E-state index in [0.29, 0.717) is 18.7 Å². The van der Waals surface area contributed by atoms with E-state index in [1.54, 1.807) is 0 Å². The maximum absolute atomic E-state index is 12.6. The number of alkyl halides is 3. The fourth-order valence-corrected chi connectivity index (χ4v) is 2.03. The van der Waals surface area contributed by atoms with Gasteiger partial charge in [0.05, 0.1) is 5.56 Å². The highest BCUT2D eigenvalue weighted by atomic mass is 19.4. The summed E-state index contributed by atoms with van der Waals surface area (Å²) >= 11 is 0. The van der Waals surface area contributed by atoms with E-state index in [2.05, 4.69) is 9.97 Å². The predicted octanol–water partition coefficient (Wildman–Crippen LogP) is 4.03. The Kier molecular flexibility index (Phi) is 3.37. The first kappa shape index (κ1) is 13.6. The fraction of sp³-hybridized carbons (Fsp3) is 0.200. The molecule has 0 aliphatic rings. The molecule has 108 valence electrons. The first-order valence-electron chi connectivity index (χ1n) is 6.39. The second-order valence-electron chi connectivity index (χ2n) is 4.64. The molecule has 0 bridgehead atoms. The molecule has 2 aromatic heterocycles. The van der Waals surface area contributed by atoms with Crippen molar-refractivity contribution in [2.24, 2.45) is 0 Å². The molecule has 0 unspecified atom stereocenters. The molecule has 0 fully saturated rings. The molecule has 1 aromatic carbocycles. The van der Waals surface area contributed by atoms with Gasteiger partial charge in [0.1, 0.15) is 5.52 Å². The zero-order valence-corrected chi connectivity index (χ0v) is 10.9. The molecule has 21 heavy (non-hydrogen) atoms. The Morgan fingerprint density at radius 2 is 1.81 bits per heavy atom. The fourth-order valence-electron chi connectivity index (χ4n) is 2.03. The standard InChI is InChI=1S/C15H11F3N2O/c16-15(17,18)11-8-12-14(19-9-11)21-13(20-12)7-6-10-4-2-1-3-5-10/h1-5,8-9H,6-7H2. The average Bonchev–Trinajstić information content (AvgIpc) is 2.87. The summed E-state index contributed by atoms with van der Waals surface area (Å²) in [6, 6.07) is 10.7. The van der Waals surface area contributed by atoms with E-state index >= 15 is 0 Å². The molecular formula is C15H11F3N2O. The third kappa shape index (κ3) is 3.04. The molecular weight excluding hydrogens is 281 g/mol. The van der Waals surface area contributed by atoms with Gasteiger partial charge in [0.2, 0.25) is 5.71 Å². The Bertz CT molecular complexity index is 750. The van der Waals surface area contributed by atoms with Gasteiger partial charge in [-0.2, -0.15) is 13.2 Å². The van der Waals surface area contributed by atoms with Crippen LogP contribution in [0.5, 0.6) is 0 Å². The zero-order chi connectivity index (χ0) is 14.9. The van der Waals surface area contributed by atoms with Crippen LogP contribution >= 0.6 is 0 Å². The van der Waals surface area contributed by atoms with Crippen molar-refractivity contribution in [3.05, 3.63) is 59.6 Å². The van der Waals surface area contributed by atoms with Gasteiger partial charge in [-0.3, -0.25) is 0 Å². The monoisotopic (exact) mass is 292 g/mol. The largest absolute Gasteiger partial charge is 0.422 e. The maximum Gasteiger partial charge on any atom is 0.417 e. The quantitative estimate of drug-likeness (QED) is 0.731. The molecule has 0 aliphatic heterocycles. The van der Waals surface area contributed by atoms with Crippen LogP contribution in [0.2, 0.25) is 0 Å². The molecule has 3 aromatic rings. The Morgan fingerprint density at radius 3 is 2.52 bits per heavy atom. The van der Waals surface area contributed by atoms with Crippen LogP contribution in [0, 0.1) is 0 Å². The summed E-state index contributed by atoms with van der Waals surface area (Å²) in [5.74, 6) is 0.390. The van der Waals surface area contributed by atoms with Gasteiger partial charge in [-0.05, 0) is 18.1 Å². The average molecular weight is 292 g/mol. The van der Waals surface area contributed by atoms with Gasteiger partial charge in [0, 0.05) is 12.6 Å². The van der Waals surface area contributed by atoms with Crippen LogP contribution in [-0.2, 0) is 19.0 Å². The number of benzene rings is 1. The summed E-state index contributed by atoms with van der Waals surface area (Å²) < 4.78 is 43.1. The number of nitrogens with zero attached hydrogens (tertiary/aromatic N) is 2. The SMILES string of the molecule is FC(F)(F)c1cnc2oc(CCc3ccccc3)nc2c1. The van der Waals surface area contributed by atoms with Crippen molar-refractivity contribution in [1.29, 1.82) is 0 Å². The van der Waals surface area contributed by atoms with E-state index in [9.17, 15) is 13.2 Å². The molecule has 0 aliphatic carbocycles. The van der Waals surface area contributed by atoms with E-state index < -0.39 is 11.7 Å². The van der Waals surface area contributed by atoms with Crippen LogP contribution < -0.4 is 0 Å². The minimum atomic E-state index is -4.43. The van der Waals surface area contributed by atoms with Crippen molar-refractivity contribution in [3.63, 3.8) is 0 Å². The number of pyridine rings is 1. The smallest absolute Gasteiger partial charge is 0.417 e. The van der Waals surface area contributed by atoms with Crippen molar-refractivity contribution in [3.8, 4) is 0 Å². The van der Waals surface area contributed by atoms with Gasteiger partial charge in [-0.1, -0.05) is 30.3 Å². The molecule has 0 saturated carbocycles. The lowest BCUT2D eigenvalue weighted by Crippen LogP contribution is -2.04. The highest BCUT2D eigenvalue weighted by Crippen LogP contribution is 2.30. The Balaban J connectivity index is 1.81. The third-order valence-electron chi connectivity index (χ3n) is 3.09. The Labute approximate surface area is 118 Å².